The Balaban J connectivity index is 2.26. The van der Waals surface area contributed by atoms with Gasteiger partial charge in [0.15, 0.2) is 5.78 Å². The van der Waals surface area contributed by atoms with E-state index >= 15 is 0 Å². The highest BCUT2D eigenvalue weighted by Gasteiger charge is 2.43. The maximum absolute atomic E-state index is 13.0. The molecule has 110 valence electrons. The predicted molar refractivity (Wildman–Crippen MR) is 81.4 cm³/mol. The van der Waals surface area contributed by atoms with Crippen LogP contribution in [0.3, 0.4) is 0 Å². The van der Waals surface area contributed by atoms with Crippen LogP contribution in [0.2, 0.25) is 0 Å². The number of carbonyl (C=O) groups is 1. The third-order valence-electron chi connectivity index (χ3n) is 4.73. The van der Waals surface area contributed by atoms with Gasteiger partial charge in [0.1, 0.15) is 5.75 Å². The summed E-state index contributed by atoms with van der Waals surface area (Å²) in [4.78, 5) is 15.1. The smallest absolute Gasteiger partial charge is 0.183 e. The average Bonchev–Trinajstić information content (AvgIpc) is 2.47. The van der Waals surface area contributed by atoms with Gasteiger partial charge in [-0.2, -0.15) is 0 Å². The lowest BCUT2D eigenvalue weighted by Gasteiger charge is -2.43. The highest BCUT2D eigenvalue weighted by atomic mass is 16.5. The fourth-order valence-electron chi connectivity index (χ4n) is 3.13. The summed E-state index contributed by atoms with van der Waals surface area (Å²) >= 11 is 0. The number of ketones is 1. The second-order valence-electron chi connectivity index (χ2n) is 6.17. The van der Waals surface area contributed by atoms with Crippen LogP contribution in [0.1, 0.15) is 43.0 Å². The Bertz CT molecular complexity index is 456. The minimum atomic E-state index is -0.332. The van der Waals surface area contributed by atoms with Gasteiger partial charge < -0.3 is 4.74 Å². The van der Waals surface area contributed by atoms with Crippen molar-refractivity contribution in [3.05, 3.63) is 29.8 Å². The van der Waals surface area contributed by atoms with Gasteiger partial charge in [-0.15, -0.1) is 0 Å². The van der Waals surface area contributed by atoms with E-state index in [0.717, 1.165) is 42.9 Å². The summed E-state index contributed by atoms with van der Waals surface area (Å²) in [5, 5.41) is 0. The van der Waals surface area contributed by atoms with Crippen LogP contribution >= 0.6 is 0 Å². The minimum Gasteiger partial charge on any atom is -0.497 e. The summed E-state index contributed by atoms with van der Waals surface area (Å²) < 4.78 is 5.16. The number of methoxy groups -OCH3 is 1. The Labute approximate surface area is 121 Å². The average molecular weight is 275 g/mol. The van der Waals surface area contributed by atoms with Crippen LogP contribution < -0.4 is 4.74 Å². The van der Waals surface area contributed by atoms with E-state index in [1.807, 2.05) is 38.4 Å². The number of ether oxygens (including phenoxy) is 1. The molecular formula is C17H25NO2. The van der Waals surface area contributed by atoms with Crippen molar-refractivity contribution in [2.24, 2.45) is 5.92 Å². The molecule has 0 heterocycles. The SMILES string of the molecule is COc1ccc(C(=O)C2(N(C)C)CCC(C)CC2)cc1. The van der Waals surface area contributed by atoms with Crippen LogP contribution in [0.4, 0.5) is 0 Å². The molecule has 1 saturated carbocycles. The fourth-order valence-corrected chi connectivity index (χ4v) is 3.13. The molecule has 3 nitrogen and oxygen atoms in total. The number of hydrogen-bond acceptors (Lipinski definition) is 3. The van der Waals surface area contributed by atoms with Crippen molar-refractivity contribution in [3.8, 4) is 5.75 Å². The van der Waals surface area contributed by atoms with Gasteiger partial charge in [0.25, 0.3) is 0 Å². The molecule has 0 radical (unpaired) electrons. The number of benzene rings is 1. The van der Waals surface area contributed by atoms with Crippen molar-refractivity contribution < 1.29 is 9.53 Å². The Kier molecular flexibility index (Phi) is 4.48. The molecular weight excluding hydrogens is 250 g/mol. The molecule has 3 heteroatoms. The predicted octanol–water partition coefficient (Wildman–Crippen LogP) is 3.39. The minimum absolute atomic E-state index is 0.247. The van der Waals surface area contributed by atoms with E-state index in [9.17, 15) is 4.79 Å². The molecule has 1 aromatic rings. The number of nitrogens with zero attached hydrogens (tertiary/aromatic N) is 1. The Morgan fingerprint density at radius 1 is 1.20 bits per heavy atom. The van der Waals surface area contributed by atoms with Crippen molar-refractivity contribution >= 4 is 5.78 Å². The third-order valence-corrected chi connectivity index (χ3v) is 4.73. The summed E-state index contributed by atoms with van der Waals surface area (Å²) in [6.07, 6.45) is 4.15. The zero-order valence-electron chi connectivity index (χ0n) is 13.0. The van der Waals surface area contributed by atoms with Gasteiger partial charge in [0.2, 0.25) is 0 Å². The second kappa shape index (κ2) is 5.96. The largest absolute Gasteiger partial charge is 0.497 e. The molecule has 20 heavy (non-hydrogen) atoms. The number of rotatable bonds is 4. The lowest BCUT2D eigenvalue weighted by Crippen LogP contribution is -2.53. The standard InChI is InChI=1S/C17H25NO2/c1-13-9-11-17(12-10-13,18(2)3)16(19)14-5-7-15(20-4)8-6-14/h5-8,13H,9-12H2,1-4H3. The van der Waals surface area contributed by atoms with Crippen molar-refractivity contribution in [2.45, 2.75) is 38.1 Å². The first-order chi connectivity index (χ1) is 9.49. The van der Waals surface area contributed by atoms with E-state index in [2.05, 4.69) is 11.8 Å². The van der Waals surface area contributed by atoms with Crippen LogP contribution in [0.25, 0.3) is 0 Å². The molecule has 0 spiro atoms. The highest BCUT2D eigenvalue weighted by molar-refractivity contribution is 6.03. The topological polar surface area (TPSA) is 29.5 Å². The van der Waals surface area contributed by atoms with Crippen molar-refractivity contribution in [1.29, 1.82) is 0 Å². The van der Waals surface area contributed by atoms with E-state index in [4.69, 9.17) is 4.74 Å². The van der Waals surface area contributed by atoms with Gasteiger partial charge >= 0.3 is 0 Å². The maximum atomic E-state index is 13.0. The van der Waals surface area contributed by atoms with Crippen LogP contribution in [0.15, 0.2) is 24.3 Å². The first-order valence-electron chi connectivity index (χ1n) is 7.36. The summed E-state index contributed by atoms with van der Waals surface area (Å²) in [7, 11) is 5.69. The molecule has 1 aliphatic carbocycles. The summed E-state index contributed by atoms with van der Waals surface area (Å²) in [6, 6.07) is 7.49. The fraction of sp³-hybridized carbons (Fsp3) is 0.588. The summed E-state index contributed by atoms with van der Waals surface area (Å²) in [6.45, 7) is 2.28. The zero-order valence-corrected chi connectivity index (χ0v) is 13.0. The monoisotopic (exact) mass is 275 g/mol. The Hall–Kier alpha value is -1.35. The van der Waals surface area contributed by atoms with Gasteiger partial charge in [-0.25, -0.2) is 0 Å². The van der Waals surface area contributed by atoms with Gasteiger partial charge in [0, 0.05) is 5.56 Å². The number of likely N-dealkylation sites (N-methyl/N-ethyl adjacent to an activating group) is 1. The van der Waals surface area contributed by atoms with E-state index in [0.29, 0.717) is 0 Å². The molecule has 1 aromatic carbocycles. The summed E-state index contributed by atoms with van der Waals surface area (Å²) in [5.74, 6) is 1.77. The highest BCUT2D eigenvalue weighted by Crippen LogP contribution is 2.37. The molecule has 0 bridgehead atoms. The zero-order chi connectivity index (χ0) is 14.8. The van der Waals surface area contributed by atoms with Gasteiger partial charge in [-0.3, -0.25) is 9.69 Å². The first-order valence-corrected chi connectivity index (χ1v) is 7.36. The van der Waals surface area contributed by atoms with Crippen molar-refractivity contribution in [3.63, 3.8) is 0 Å². The molecule has 1 aliphatic rings. The van der Waals surface area contributed by atoms with Crippen LogP contribution in [0, 0.1) is 5.92 Å². The van der Waals surface area contributed by atoms with Gasteiger partial charge in [0.05, 0.1) is 12.6 Å². The first kappa shape index (κ1) is 15.0. The molecule has 0 saturated heterocycles. The van der Waals surface area contributed by atoms with E-state index in [1.165, 1.54) is 0 Å². The molecule has 0 N–H and O–H groups in total. The molecule has 0 aromatic heterocycles. The number of Topliss-reactive ketones (excluding diaryl/α,β-unsaturated/α-hetero) is 1. The van der Waals surface area contributed by atoms with Gasteiger partial charge in [-0.1, -0.05) is 6.92 Å². The molecule has 2 rings (SSSR count). The number of hydrogen-bond donors (Lipinski definition) is 0. The van der Waals surface area contributed by atoms with E-state index in [1.54, 1.807) is 7.11 Å². The molecule has 0 aliphatic heterocycles. The Morgan fingerprint density at radius 2 is 1.75 bits per heavy atom. The molecule has 0 unspecified atom stereocenters. The summed E-state index contributed by atoms with van der Waals surface area (Å²) in [5.41, 5.74) is 0.454. The third kappa shape index (κ3) is 2.73. The van der Waals surface area contributed by atoms with Crippen LogP contribution in [0.5, 0.6) is 5.75 Å². The van der Waals surface area contributed by atoms with E-state index < -0.39 is 0 Å². The quantitative estimate of drug-likeness (QED) is 0.789. The molecule has 1 fully saturated rings. The van der Waals surface area contributed by atoms with Crippen LogP contribution in [-0.4, -0.2) is 37.4 Å². The van der Waals surface area contributed by atoms with Gasteiger partial charge in [-0.05, 0) is 70.0 Å². The Morgan fingerprint density at radius 3 is 2.20 bits per heavy atom. The normalized spacial score (nSPS) is 26.6. The lowest BCUT2D eigenvalue weighted by molar-refractivity contribution is 0.0513. The maximum Gasteiger partial charge on any atom is 0.183 e. The van der Waals surface area contributed by atoms with Crippen molar-refractivity contribution in [1.82, 2.24) is 4.90 Å². The van der Waals surface area contributed by atoms with Crippen LogP contribution in [-0.2, 0) is 0 Å². The molecule has 0 amide bonds. The number of carbonyl (C=O) groups excluding carboxylic acids is 1. The second-order valence-corrected chi connectivity index (χ2v) is 6.17. The molecule has 0 atom stereocenters. The van der Waals surface area contributed by atoms with E-state index in [-0.39, 0.29) is 11.3 Å². The van der Waals surface area contributed by atoms with Crippen molar-refractivity contribution in [2.75, 3.05) is 21.2 Å². The lowest BCUT2D eigenvalue weighted by atomic mass is 9.72.